The minimum atomic E-state index is -1.32. The van der Waals surface area contributed by atoms with Crippen LogP contribution in [0, 0.1) is 22.1 Å². The van der Waals surface area contributed by atoms with E-state index < -0.39 is 23.2 Å². The van der Waals surface area contributed by atoms with Crippen molar-refractivity contribution in [2.24, 2.45) is 10.9 Å². The zero-order valence-electron chi connectivity index (χ0n) is 20.7. The zero-order valence-corrected chi connectivity index (χ0v) is 20.7. The van der Waals surface area contributed by atoms with Crippen LogP contribution in [0.1, 0.15) is 54.5 Å². The summed E-state index contributed by atoms with van der Waals surface area (Å²) in [5.74, 6) is -1.29. The maximum absolute atomic E-state index is 14.4. The molecule has 2 aromatic carbocycles. The summed E-state index contributed by atoms with van der Waals surface area (Å²) in [7, 11) is 0. The van der Waals surface area contributed by atoms with E-state index in [4.69, 9.17) is 5.73 Å². The van der Waals surface area contributed by atoms with Crippen molar-refractivity contribution in [3.05, 3.63) is 74.9 Å². The smallest absolute Gasteiger partial charge is 0.237 e. The number of nitrogens with zero attached hydrogens (tertiary/aromatic N) is 3. The third kappa shape index (κ3) is 5.29. The van der Waals surface area contributed by atoms with Crippen LogP contribution in [-0.2, 0) is 34.4 Å². The van der Waals surface area contributed by atoms with Gasteiger partial charge in [0.15, 0.2) is 0 Å². The van der Waals surface area contributed by atoms with Crippen LogP contribution < -0.4 is 11.1 Å². The molecular formula is C27H32FN5O3. The molecule has 2 amide bonds. The summed E-state index contributed by atoms with van der Waals surface area (Å²) in [4.78, 5) is 38.3. The topological polar surface area (TPSA) is 129 Å². The number of hydrogen-bond acceptors (Lipinski definition) is 6. The molecule has 36 heavy (non-hydrogen) atoms. The van der Waals surface area contributed by atoms with Crippen molar-refractivity contribution in [2.45, 2.75) is 57.5 Å². The molecule has 3 N–H and O–H groups in total. The number of nitrogens with two attached hydrogens (primary N) is 1. The van der Waals surface area contributed by atoms with E-state index in [9.17, 15) is 24.1 Å². The van der Waals surface area contributed by atoms with Crippen LogP contribution >= 0.6 is 0 Å². The molecule has 3 rings (SSSR count). The normalized spacial score (nSPS) is 17.2. The Bertz CT molecular complexity index is 1180. The number of benzene rings is 2. The highest BCUT2D eigenvalue weighted by atomic mass is 19.1. The average Bonchev–Trinajstić information content (AvgIpc) is 3.00. The van der Waals surface area contributed by atoms with Crippen LogP contribution in [0.4, 0.5) is 4.39 Å². The first kappa shape index (κ1) is 27.0. The maximum Gasteiger partial charge on any atom is 0.237 e. The van der Waals surface area contributed by atoms with Crippen LogP contribution in [-0.4, -0.2) is 42.4 Å². The fraction of sp³-hybridized carbons (Fsp3) is 0.444. The number of aryl methyl sites for hydroxylation is 2. The Morgan fingerprint density at radius 3 is 2.58 bits per heavy atom. The van der Waals surface area contributed by atoms with Crippen LogP contribution in [0.2, 0.25) is 0 Å². The van der Waals surface area contributed by atoms with E-state index in [1.165, 1.54) is 17.0 Å². The highest BCUT2D eigenvalue weighted by molar-refractivity contribution is 5.92. The molecule has 8 nitrogen and oxygen atoms in total. The molecule has 1 aliphatic rings. The lowest BCUT2D eigenvalue weighted by Gasteiger charge is -2.34. The van der Waals surface area contributed by atoms with Gasteiger partial charge in [-0.05, 0) is 79.1 Å². The molecule has 1 aliphatic carbocycles. The maximum atomic E-state index is 14.4. The summed E-state index contributed by atoms with van der Waals surface area (Å²) in [5.41, 5.74) is 8.36. The quantitative estimate of drug-likeness (QED) is 0.367. The van der Waals surface area contributed by atoms with E-state index >= 15 is 0 Å². The third-order valence-corrected chi connectivity index (χ3v) is 7.02. The lowest BCUT2D eigenvalue weighted by atomic mass is 9.69. The number of nitrogens with one attached hydrogen (secondary N) is 1. The van der Waals surface area contributed by atoms with Gasteiger partial charge in [-0.3, -0.25) is 9.59 Å². The van der Waals surface area contributed by atoms with E-state index in [-0.39, 0.29) is 32.0 Å². The van der Waals surface area contributed by atoms with Gasteiger partial charge in [0, 0.05) is 6.54 Å². The molecule has 2 unspecified atom stereocenters. The lowest BCUT2D eigenvalue weighted by Crippen LogP contribution is -2.47. The second-order valence-electron chi connectivity index (χ2n) is 9.01. The molecule has 9 heteroatoms. The minimum absolute atomic E-state index is 0.00628. The Labute approximate surface area is 210 Å². The molecule has 2 aromatic rings. The molecule has 0 aromatic heterocycles. The highest BCUT2D eigenvalue weighted by Gasteiger charge is 2.44. The predicted molar refractivity (Wildman–Crippen MR) is 134 cm³/mol. The highest BCUT2D eigenvalue weighted by Crippen LogP contribution is 2.42. The Balaban J connectivity index is 1.95. The first-order valence-electron chi connectivity index (χ1n) is 12.2. The van der Waals surface area contributed by atoms with Crippen molar-refractivity contribution in [3.8, 4) is 6.07 Å². The number of fused-ring (bicyclic) bond motifs is 2. The lowest BCUT2D eigenvalue weighted by molar-refractivity contribution is -0.131. The Hall–Kier alpha value is -3.64. The first-order chi connectivity index (χ1) is 17.3. The van der Waals surface area contributed by atoms with Gasteiger partial charge in [0.05, 0.1) is 12.6 Å². The summed E-state index contributed by atoms with van der Waals surface area (Å²) in [5, 5.41) is 15.4. The molecule has 190 valence electrons. The van der Waals surface area contributed by atoms with Gasteiger partial charge < -0.3 is 16.0 Å². The van der Waals surface area contributed by atoms with Gasteiger partial charge in [-0.15, -0.1) is 0 Å². The summed E-state index contributed by atoms with van der Waals surface area (Å²) in [6, 6.07) is 11.5. The van der Waals surface area contributed by atoms with Gasteiger partial charge in [0.25, 0.3) is 0 Å². The number of carbonyl (C=O) groups excluding carboxylic acids is 2. The van der Waals surface area contributed by atoms with Crippen molar-refractivity contribution in [2.75, 3.05) is 19.6 Å². The molecule has 0 fully saturated rings. The van der Waals surface area contributed by atoms with E-state index in [0.29, 0.717) is 36.9 Å². The van der Waals surface area contributed by atoms with Crippen LogP contribution in [0.3, 0.4) is 0 Å². The minimum Gasteiger partial charge on any atom is -0.369 e. The number of nitroso groups, excluding NO2 is 1. The second kappa shape index (κ2) is 11.9. The summed E-state index contributed by atoms with van der Waals surface area (Å²) in [6.07, 6.45) is 1.91. The van der Waals surface area contributed by atoms with Crippen LogP contribution in [0.25, 0.3) is 0 Å². The molecule has 0 heterocycles. The van der Waals surface area contributed by atoms with Crippen molar-refractivity contribution in [3.63, 3.8) is 0 Å². The fourth-order valence-electron chi connectivity index (χ4n) is 5.20. The number of rotatable bonds is 11. The standard InChI is InChI=1S/C27H32FN5O3/c1-3-22(15-29)33(4-2)25(34)17-31-12-11-27(26(30)35)23-10-5-18(16-32-36)13-20(23)7-6-19-8-9-21(28)14-24(19)27/h5,8-10,13-14,22,31H,3-4,6-7,11-12,16-17H2,1-2H3,(H2,30,35). The van der Waals surface area contributed by atoms with Gasteiger partial charge in [-0.25, -0.2) is 4.39 Å². The third-order valence-electron chi connectivity index (χ3n) is 7.02. The number of carbonyl (C=O) groups is 2. The van der Waals surface area contributed by atoms with Crippen molar-refractivity contribution in [1.29, 1.82) is 5.26 Å². The summed E-state index contributed by atoms with van der Waals surface area (Å²) in [6.45, 7) is 4.34. The van der Waals surface area contributed by atoms with Crippen molar-refractivity contribution < 1.29 is 14.0 Å². The number of amides is 2. The Kier molecular flexibility index (Phi) is 8.88. The van der Waals surface area contributed by atoms with E-state index in [1.807, 2.05) is 19.9 Å². The van der Waals surface area contributed by atoms with Gasteiger partial charge >= 0.3 is 0 Å². The number of primary amides is 1. The van der Waals surface area contributed by atoms with E-state index in [0.717, 1.165) is 16.7 Å². The molecule has 2 atom stereocenters. The number of hydrogen-bond donors (Lipinski definition) is 2. The van der Waals surface area contributed by atoms with Crippen molar-refractivity contribution >= 4 is 11.8 Å². The van der Waals surface area contributed by atoms with Gasteiger partial charge in [-0.1, -0.05) is 36.4 Å². The second-order valence-corrected chi connectivity index (χ2v) is 9.01. The van der Waals surface area contributed by atoms with Gasteiger partial charge in [0.2, 0.25) is 11.8 Å². The number of likely N-dealkylation sites (N-methyl/N-ethyl adjacent to an activating group) is 1. The average molecular weight is 494 g/mol. The molecule has 0 saturated heterocycles. The number of nitriles is 1. The van der Waals surface area contributed by atoms with E-state index in [2.05, 4.69) is 16.6 Å². The molecular weight excluding hydrogens is 461 g/mol. The molecule has 0 radical (unpaired) electrons. The Morgan fingerprint density at radius 2 is 1.94 bits per heavy atom. The summed E-state index contributed by atoms with van der Waals surface area (Å²) < 4.78 is 14.4. The van der Waals surface area contributed by atoms with Crippen molar-refractivity contribution in [1.82, 2.24) is 10.2 Å². The Morgan fingerprint density at radius 1 is 1.19 bits per heavy atom. The fourth-order valence-corrected chi connectivity index (χ4v) is 5.20. The first-order valence-corrected chi connectivity index (χ1v) is 12.2. The van der Waals surface area contributed by atoms with Crippen LogP contribution in [0.5, 0.6) is 0 Å². The molecule has 0 bridgehead atoms. The monoisotopic (exact) mass is 493 g/mol. The predicted octanol–water partition coefficient (Wildman–Crippen LogP) is 3.09. The molecule has 0 aliphatic heterocycles. The van der Waals surface area contributed by atoms with E-state index in [1.54, 1.807) is 18.2 Å². The molecule has 0 spiro atoms. The van der Waals surface area contributed by atoms with Gasteiger partial charge in [-0.2, -0.15) is 10.2 Å². The zero-order chi connectivity index (χ0) is 26.3. The SMILES string of the molecule is CCC(C#N)N(CC)C(=O)CNCCC1(C(N)=O)c2ccc(CN=O)cc2CCc2ccc(F)cc21. The molecule has 0 saturated carbocycles. The van der Waals surface area contributed by atoms with Crippen LogP contribution in [0.15, 0.2) is 41.6 Å². The van der Waals surface area contributed by atoms with Gasteiger partial charge in [0.1, 0.15) is 23.8 Å². The number of halogens is 1. The summed E-state index contributed by atoms with van der Waals surface area (Å²) >= 11 is 0. The largest absolute Gasteiger partial charge is 0.369 e.